The molecule has 0 saturated carbocycles. The largest absolute Gasteiger partial charge is 0.495 e. The highest BCUT2D eigenvalue weighted by molar-refractivity contribution is 6.33. The zero-order valence-corrected chi connectivity index (χ0v) is 20.2. The summed E-state index contributed by atoms with van der Waals surface area (Å²) >= 11 is 6.57. The van der Waals surface area contributed by atoms with Gasteiger partial charge in [-0.05, 0) is 43.2 Å². The number of ether oxygens (including phenoxy) is 2. The van der Waals surface area contributed by atoms with Crippen molar-refractivity contribution >= 4 is 39.6 Å². The van der Waals surface area contributed by atoms with Crippen molar-refractivity contribution in [2.75, 3.05) is 49.8 Å². The van der Waals surface area contributed by atoms with Crippen LogP contribution in [0.5, 0.6) is 5.75 Å². The van der Waals surface area contributed by atoms with E-state index in [1.54, 1.807) is 7.11 Å². The van der Waals surface area contributed by atoms with Crippen molar-refractivity contribution < 1.29 is 9.47 Å². The standard InChI is InChI=1S/C26H30ClN3O2/c1-16-17(2)28-22-14-24(31-5)21(27)13-19(22)25(16)30-15-26(3,4)20-7-6-18(12-23(20)30)29-8-10-32-11-9-29/h6-7,12-14H,8-11,15H2,1-5H3. The van der Waals surface area contributed by atoms with Crippen LogP contribution >= 0.6 is 11.6 Å². The number of anilines is 3. The highest BCUT2D eigenvalue weighted by Gasteiger charge is 2.37. The third-order valence-electron chi connectivity index (χ3n) is 6.91. The molecule has 168 valence electrons. The fraction of sp³-hybridized carbons (Fsp3) is 0.423. The first-order valence-corrected chi connectivity index (χ1v) is 11.6. The molecule has 1 aromatic heterocycles. The average molecular weight is 452 g/mol. The predicted octanol–water partition coefficient (Wildman–Crippen LogP) is 5.78. The molecule has 2 aliphatic heterocycles. The summed E-state index contributed by atoms with van der Waals surface area (Å²) in [5.74, 6) is 0.651. The molecule has 5 rings (SSSR count). The molecule has 1 saturated heterocycles. The number of rotatable bonds is 3. The van der Waals surface area contributed by atoms with Gasteiger partial charge in [0.15, 0.2) is 0 Å². The predicted molar refractivity (Wildman–Crippen MR) is 132 cm³/mol. The molecular weight excluding hydrogens is 422 g/mol. The van der Waals surface area contributed by atoms with Gasteiger partial charge in [0.05, 0.1) is 36.6 Å². The first-order chi connectivity index (χ1) is 15.3. The molecule has 5 nitrogen and oxygen atoms in total. The second-order valence-corrected chi connectivity index (χ2v) is 9.85. The van der Waals surface area contributed by atoms with Gasteiger partial charge in [-0.1, -0.05) is 31.5 Å². The van der Waals surface area contributed by atoms with E-state index in [-0.39, 0.29) is 5.41 Å². The highest BCUT2D eigenvalue weighted by atomic mass is 35.5. The lowest BCUT2D eigenvalue weighted by atomic mass is 9.87. The van der Waals surface area contributed by atoms with Gasteiger partial charge < -0.3 is 19.3 Å². The summed E-state index contributed by atoms with van der Waals surface area (Å²) in [6.07, 6.45) is 0. The maximum absolute atomic E-state index is 6.57. The molecule has 0 spiro atoms. The van der Waals surface area contributed by atoms with E-state index in [0.29, 0.717) is 10.8 Å². The van der Waals surface area contributed by atoms with Crippen molar-refractivity contribution in [2.24, 2.45) is 0 Å². The monoisotopic (exact) mass is 451 g/mol. The Labute approximate surface area is 194 Å². The van der Waals surface area contributed by atoms with Crippen LogP contribution in [0.25, 0.3) is 10.9 Å². The summed E-state index contributed by atoms with van der Waals surface area (Å²) in [4.78, 5) is 9.73. The molecule has 0 aliphatic carbocycles. The minimum absolute atomic E-state index is 0.0328. The highest BCUT2D eigenvalue weighted by Crippen LogP contribution is 2.49. The van der Waals surface area contributed by atoms with Crippen LogP contribution in [0.4, 0.5) is 17.1 Å². The number of fused-ring (bicyclic) bond motifs is 2. The van der Waals surface area contributed by atoms with Gasteiger partial charge in [0.2, 0.25) is 0 Å². The summed E-state index contributed by atoms with van der Waals surface area (Å²) in [7, 11) is 1.64. The van der Waals surface area contributed by atoms with E-state index in [1.807, 2.05) is 12.1 Å². The van der Waals surface area contributed by atoms with E-state index in [1.165, 1.54) is 28.2 Å². The molecule has 1 fully saturated rings. The Bertz CT molecular complexity index is 1200. The lowest BCUT2D eigenvalue weighted by Gasteiger charge is -2.30. The quantitative estimate of drug-likeness (QED) is 0.504. The van der Waals surface area contributed by atoms with Crippen LogP contribution < -0.4 is 14.5 Å². The Balaban J connectivity index is 1.71. The molecular formula is C26H30ClN3O2. The zero-order valence-electron chi connectivity index (χ0n) is 19.5. The second kappa shape index (κ2) is 7.82. The van der Waals surface area contributed by atoms with Gasteiger partial charge in [-0.25, -0.2) is 0 Å². The van der Waals surface area contributed by atoms with Gasteiger partial charge in [0, 0.05) is 53.6 Å². The number of nitrogens with zero attached hydrogens (tertiary/aromatic N) is 3. The number of aromatic nitrogens is 1. The van der Waals surface area contributed by atoms with E-state index >= 15 is 0 Å². The maximum atomic E-state index is 6.57. The Hall–Kier alpha value is -2.50. The van der Waals surface area contributed by atoms with Crippen LogP contribution in [0.2, 0.25) is 5.02 Å². The molecule has 0 bridgehead atoms. The van der Waals surface area contributed by atoms with Crippen LogP contribution in [0.15, 0.2) is 30.3 Å². The van der Waals surface area contributed by atoms with Crippen molar-refractivity contribution in [1.29, 1.82) is 0 Å². The number of aryl methyl sites for hydroxylation is 1. The molecule has 0 atom stereocenters. The van der Waals surface area contributed by atoms with Crippen molar-refractivity contribution in [2.45, 2.75) is 33.1 Å². The lowest BCUT2D eigenvalue weighted by molar-refractivity contribution is 0.122. The van der Waals surface area contributed by atoms with Crippen molar-refractivity contribution in [1.82, 2.24) is 4.98 Å². The van der Waals surface area contributed by atoms with Gasteiger partial charge >= 0.3 is 0 Å². The summed E-state index contributed by atoms with van der Waals surface area (Å²) in [5, 5.41) is 1.66. The number of pyridine rings is 1. The number of benzene rings is 2. The summed E-state index contributed by atoms with van der Waals surface area (Å²) in [6.45, 7) is 13.2. The van der Waals surface area contributed by atoms with Gasteiger partial charge in [-0.15, -0.1) is 0 Å². The van der Waals surface area contributed by atoms with E-state index in [4.69, 9.17) is 26.1 Å². The van der Waals surface area contributed by atoms with Crippen molar-refractivity contribution in [3.05, 3.63) is 52.2 Å². The van der Waals surface area contributed by atoms with Gasteiger partial charge in [-0.2, -0.15) is 0 Å². The summed E-state index contributed by atoms with van der Waals surface area (Å²) in [5.41, 5.74) is 8.21. The maximum Gasteiger partial charge on any atom is 0.139 e. The smallest absolute Gasteiger partial charge is 0.139 e. The lowest BCUT2D eigenvalue weighted by Crippen LogP contribution is -2.36. The molecule has 0 N–H and O–H groups in total. The number of hydrogen-bond donors (Lipinski definition) is 0. The minimum atomic E-state index is 0.0328. The number of morpholine rings is 1. The number of methoxy groups -OCH3 is 1. The van der Waals surface area contributed by atoms with Crippen molar-refractivity contribution in [3.63, 3.8) is 0 Å². The molecule has 2 aliphatic rings. The van der Waals surface area contributed by atoms with Crippen LogP contribution in [-0.4, -0.2) is 44.9 Å². The molecule has 32 heavy (non-hydrogen) atoms. The Morgan fingerprint density at radius 3 is 2.56 bits per heavy atom. The summed E-state index contributed by atoms with van der Waals surface area (Å²) < 4.78 is 11.0. The van der Waals surface area contributed by atoms with Gasteiger partial charge in [-0.3, -0.25) is 4.98 Å². The van der Waals surface area contributed by atoms with Crippen LogP contribution in [0, 0.1) is 13.8 Å². The SMILES string of the molecule is COc1cc2nc(C)c(C)c(N3CC(C)(C)c4ccc(N5CCOCC5)cc43)c2cc1Cl. The molecule has 0 unspecified atom stereocenters. The average Bonchev–Trinajstić information content (AvgIpc) is 3.05. The van der Waals surface area contributed by atoms with Crippen LogP contribution in [0.1, 0.15) is 30.7 Å². The molecule has 0 amide bonds. The van der Waals surface area contributed by atoms with Gasteiger partial charge in [0.25, 0.3) is 0 Å². The minimum Gasteiger partial charge on any atom is -0.495 e. The fourth-order valence-corrected chi connectivity index (χ4v) is 5.31. The van der Waals surface area contributed by atoms with E-state index in [0.717, 1.165) is 49.4 Å². The first-order valence-electron chi connectivity index (χ1n) is 11.2. The Morgan fingerprint density at radius 1 is 1.09 bits per heavy atom. The fourth-order valence-electron chi connectivity index (χ4n) is 5.07. The van der Waals surface area contributed by atoms with Crippen molar-refractivity contribution in [3.8, 4) is 5.75 Å². The third-order valence-corrected chi connectivity index (χ3v) is 7.21. The summed E-state index contributed by atoms with van der Waals surface area (Å²) in [6, 6.07) is 10.9. The Morgan fingerprint density at radius 2 is 1.84 bits per heavy atom. The van der Waals surface area contributed by atoms with E-state index < -0.39 is 0 Å². The zero-order chi connectivity index (χ0) is 22.6. The normalized spacial score (nSPS) is 17.7. The van der Waals surface area contributed by atoms with E-state index in [2.05, 4.69) is 55.7 Å². The van der Waals surface area contributed by atoms with E-state index in [9.17, 15) is 0 Å². The molecule has 0 radical (unpaired) electrons. The molecule has 3 heterocycles. The molecule has 3 aromatic rings. The topological polar surface area (TPSA) is 37.8 Å². The number of hydrogen-bond acceptors (Lipinski definition) is 5. The third kappa shape index (κ3) is 3.39. The number of halogens is 1. The first kappa shape index (κ1) is 21.4. The molecule has 2 aromatic carbocycles. The Kier molecular flexibility index (Phi) is 5.22. The van der Waals surface area contributed by atoms with Gasteiger partial charge in [0.1, 0.15) is 5.75 Å². The molecule has 6 heteroatoms. The second-order valence-electron chi connectivity index (χ2n) is 9.45. The van der Waals surface area contributed by atoms with Crippen LogP contribution in [0.3, 0.4) is 0 Å². The van der Waals surface area contributed by atoms with Crippen LogP contribution in [-0.2, 0) is 10.2 Å².